The predicted octanol–water partition coefficient (Wildman–Crippen LogP) is 6.26. The standard InChI is InChI=1S/C30H38N2/c1-4-22-31(3)26(2)24-32(23-14-17-27-15-8-5-9-16-27)25-30(28-18-10-6-11-19-28)29-20-12-7-13-21-29/h4-13,15-16,18-21,26,30H,1,14,17,22-25H2,2-3H3/t26-/m1/s1. The highest BCUT2D eigenvalue weighted by molar-refractivity contribution is 5.32. The molecule has 2 heteroatoms. The molecule has 0 saturated heterocycles. The van der Waals surface area contributed by atoms with Gasteiger partial charge >= 0.3 is 0 Å². The van der Waals surface area contributed by atoms with Gasteiger partial charge in [-0.25, -0.2) is 0 Å². The monoisotopic (exact) mass is 426 g/mol. The molecule has 3 rings (SSSR count). The Bertz CT molecular complexity index is 852. The van der Waals surface area contributed by atoms with Crippen LogP contribution in [0, 0.1) is 0 Å². The van der Waals surface area contributed by atoms with Gasteiger partial charge in [0.1, 0.15) is 0 Å². The molecule has 0 unspecified atom stereocenters. The van der Waals surface area contributed by atoms with Crippen molar-refractivity contribution in [3.8, 4) is 0 Å². The van der Waals surface area contributed by atoms with E-state index in [1.807, 2.05) is 6.08 Å². The lowest BCUT2D eigenvalue weighted by Crippen LogP contribution is -2.42. The van der Waals surface area contributed by atoms with Crippen LogP contribution in [-0.4, -0.2) is 49.1 Å². The van der Waals surface area contributed by atoms with Crippen molar-refractivity contribution in [2.24, 2.45) is 0 Å². The van der Waals surface area contributed by atoms with E-state index in [2.05, 4.69) is 121 Å². The van der Waals surface area contributed by atoms with Crippen LogP contribution in [0.4, 0.5) is 0 Å². The number of benzene rings is 3. The molecule has 2 nitrogen and oxygen atoms in total. The first kappa shape index (κ1) is 24.0. The molecule has 0 heterocycles. The molecule has 0 amide bonds. The summed E-state index contributed by atoms with van der Waals surface area (Å²) in [6, 6.07) is 33.2. The normalized spacial score (nSPS) is 12.4. The molecular formula is C30H38N2. The first-order chi connectivity index (χ1) is 15.7. The van der Waals surface area contributed by atoms with Crippen molar-refractivity contribution in [2.75, 3.05) is 33.2 Å². The Morgan fingerprint density at radius 1 is 0.781 bits per heavy atom. The summed E-state index contributed by atoms with van der Waals surface area (Å²) < 4.78 is 0. The van der Waals surface area contributed by atoms with Gasteiger partial charge in [-0.3, -0.25) is 4.90 Å². The predicted molar refractivity (Wildman–Crippen MR) is 138 cm³/mol. The van der Waals surface area contributed by atoms with E-state index < -0.39 is 0 Å². The topological polar surface area (TPSA) is 6.48 Å². The Labute approximate surface area is 195 Å². The minimum Gasteiger partial charge on any atom is -0.301 e. The van der Waals surface area contributed by atoms with Crippen molar-refractivity contribution in [1.29, 1.82) is 0 Å². The largest absolute Gasteiger partial charge is 0.301 e. The van der Waals surface area contributed by atoms with Gasteiger partial charge in [0.25, 0.3) is 0 Å². The lowest BCUT2D eigenvalue weighted by atomic mass is 9.90. The zero-order valence-electron chi connectivity index (χ0n) is 19.7. The maximum Gasteiger partial charge on any atom is 0.0217 e. The van der Waals surface area contributed by atoms with E-state index >= 15 is 0 Å². The van der Waals surface area contributed by atoms with Crippen molar-refractivity contribution >= 4 is 0 Å². The molecule has 1 atom stereocenters. The van der Waals surface area contributed by atoms with Crippen LogP contribution in [0.2, 0.25) is 0 Å². The molecule has 0 spiro atoms. The summed E-state index contributed by atoms with van der Waals surface area (Å²) in [4.78, 5) is 5.05. The lowest BCUT2D eigenvalue weighted by Gasteiger charge is -2.33. The maximum atomic E-state index is 3.92. The van der Waals surface area contributed by atoms with Gasteiger partial charge in [-0.2, -0.15) is 0 Å². The van der Waals surface area contributed by atoms with E-state index in [1.54, 1.807) is 0 Å². The van der Waals surface area contributed by atoms with Crippen LogP contribution in [0.25, 0.3) is 0 Å². The van der Waals surface area contributed by atoms with Crippen LogP contribution in [0.3, 0.4) is 0 Å². The highest BCUT2D eigenvalue weighted by Gasteiger charge is 2.20. The fourth-order valence-electron chi connectivity index (χ4n) is 4.34. The summed E-state index contributed by atoms with van der Waals surface area (Å²) in [5.41, 5.74) is 4.20. The van der Waals surface area contributed by atoms with Gasteiger partial charge in [0.15, 0.2) is 0 Å². The quantitative estimate of drug-likeness (QED) is 0.298. The summed E-state index contributed by atoms with van der Waals surface area (Å²) in [6.07, 6.45) is 4.28. The third-order valence-electron chi connectivity index (χ3n) is 6.32. The average Bonchev–Trinajstić information content (AvgIpc) is 2.84. The SMILES string of the molecule is C=CCN(C)[C@H](C)CN(CCCc1ccccc1)CC(c1ccccc1)c1ccccc1. The molecule has 0 radical (unpaired) electrons. The second kappa shape index (κ2) is 13.0. The van der Waals surface area contributed by atoms with E-state index in [9.17, 15) is 0 Å². The van der Waals surface area contributed by atoms with E-state index in [1.165, 1.54) is 16.7 Å². The van der Waals surface area contributed by atoms with Crippen LogP contribution in [0.1, 0.15) is 36.0 Å². The average molecular weight is 427 g/mol. The van der Waals surface area contributed by atoms with Crippen LogP contribution < -0.4 is 0 Å². The second-order valence-corrected chi connectivity index (χ2v) is 8.80. The zero-order valence-corrected chi connectivity index (χ0v) is 19.7. The number of rotatable bonds is 13. The molecule has 0 aliphatic rings. The van der Waals surface area contributed by atoms with Crippen molar-refractivity contribution in [3.05, 3.63) is 120 Å². The van der Waals surface area contributed by atoms with Crippen LogP contribution in [-0.2, 0) is 6.42 Å². The van der Waals surface area contributed by atoms with Gasteiger partial charge < -0.3 is 4.90 Å². The third kappa shape index (κ3) is 7.47. The number of aryl methyl sites for hydroxylation is 1. The summed E-state index contributed by atoms with van der Waals surface area (Å²) in [5, 5.41) is 0. The van der Waals surface area contributed by atoms with Crippen molar-refractivity contribution in [3.63, 3.8) is 0 Å². The van der Waals surface area contributed by atoms with Gasteiger partial charge in [0.2, 0.25) is 0 Å². The molecule has 3 aromatic rings. The van der Waals surface area contributed by atoms with E-state index in [-0.39, 0.29) is 0 Å². The van der Waals surface area contributed by atoms with Crippen LogP contribution in [0.5, 0.6) is 0 Å². The van der Waals surface area contributed by atoms with E-state index in [0.717, 1.165) is 39.0 Å². The fourth-order valence-corrected chi connectivity index (χ4v) is 4.34. The summed E-state index contributed by atoms with van der Waals surface area (Å²) >= 11 is 0. The smallest absolute Gasteiger partial charge is 0.0217 e. The molecule has 0 aliphatic carbocycles. The van der Waals surface area contributed by atoms with Gasteiger partial charge in [-0.1, -0.05) is 97.1 Å². The molecule has 168 valence electrons. The van der Waals surface area contributed by atoms with Gasteiger partial charge in [-0.05, 0) is 50.0 Å². The van der Waals surface area contributed by atoms with Crippen LogP contribution in [0.15, 0.2) is 104 Å². The molecule has 0 fully saturated rings. The molecule has 3 aromatic carbocycles. The minimum atomic E-state index is 0.367. The summed E-state index contributed by atoms with van der Waals surface area (Å²) in [5.74, 6) is 0.367. The lowest BCUT2D eigenvalue weighted by molar-refractivity contribution is 0.177. The second-order valence-electron chi connectivity index (χ2n) is 8.80. The zero-order chi connectivity index (χ0) is 22.6. The van der Waals surface area contributed by atoms with Gasteiger partial charge in [-0.15, -0.1) is 6.58 Å². The Balaban J connectivity index is 1.76. The van der Waals surface area contributed by atoms with Crippen LogP contribution >= 0.6 is 0 Å². The van der Waals surface area contributed by atoms with E-state index in [0.29, 0.717) is 12.0 Å². The third-order valence-corrected chi connectivity index (χ3v) is 6.32. The Morgan fingerprint density at radius 3 is 1.84 bits per heavy atom. The van der Waals surface area contributed by atoms with Crippen molar-refractivity contribution < 1.29 is 0 Å². The van der Waals surface area contributed by atoms with Gasteiger partial charge in [0.05, 0.1) is 0 Å². The van der Waals surface area contributed by atoms with Gasteiger partial charge in [0, 0.05) is 31.6 Å². The molecule has 0 bridgehead atoms. The Morgan fingerprint density at radius 2 is 1.31 bits per heavy atom. The highest BCUT2D eigenvalue weighted by Crippen LogP contribution is 2.26. The first-order valence-electron chi connectivity index (χ1n) is 11.8. The molecule has 0 aliphatic heterocycles. The molecular weight excluding hydrogens is 388 g/mol. The molecule has 0 N–H and O–H groups in total. The number of hydrogen-bond donors (Lipinski definition) is 0. The number of nitrogens with zero attached hydrogens (tertiary/aromatic N) is 2. The number of hydrogen-bond acceptors (Lipinski definition) is 2. The first-order valence-corrected chi connectivity index (χ1v) is 11.8. The number of likely N-dealkylation sites (N-methyl/N-ethyl adjacent to an activating group) is 1. The van der Waals surface area contributed by atoms with Crippen molar-refractivity contribution in [1.82, 2.24) is 9.80 Å². The minimum absolute atomic E-state index is 0.367. The van der Waals surface area contributed by atoms with Crippen molar-refractivity contribution in [2.45, 2.75) is 31.7 Å². The summed E-state index contributed by atoms with van der Waals surface area (Å²) in [7, 11) is 2.19. The van der Waals surface area contributed by atoms with E-state index in [4.69, 9.17) is 0 Å². The maximum absolute atomic E-state index is 3.92. The highest BCUT2D eigenvalue weighted by atomic mass is 15.2. The fraction of sp³-hybridized carbons (Fsp3) is 0.333. The molecule has 0 aromatic heterocycles. The summed E-state index contributed by atoms with van der Waals surface area (Å²) in [6.45, 7) is 10.3. The Hall–Kier alpha value is -2.68. The molecule has 0 saturated carbocycles. The molecule has 32 heavy (non-hydrogen) atoms. The Kier molecular flexibility index (Phi) is 9.74.